The Morgan fingerprint density at radius 2 is 1.91 bits per heavy atom. The molecule has 8 heteroatoms. The van der Waals surface area contributed by atoms with Gasteiger partial charge in [0, 0.05) is 28.3 Å². The fourth-order valence-corrected chi connectivity index (χ4v) is 5.23. The molecule has 1 atom stereocenters. The van der Waals surface area contributed by atoms with E-state index in [1.54, 1.807) is 44.6 Å². The highest BCUT2D eigenvalue weighted by molar-refractivity contribution is 7.15. The van der Waals surface area contributed by atoms with Gasteiger partial charge in [0.15, 0.2) is 11.5 Å². The number of ether oxygens (including phenoxy) is 3. The van der Waals surface area contributed by atoms with Gasteiger partial charge in [-0.25, -0.2) is 4.79 Å². The van der Waals surface area contributed by atoms with Gasteiger partial charge in [0.25, 0.3) is 0 Å². The quantitative estimate of drug-likeness (QED) is 0.523. The van der Waals surface area contributed by atoms with Crippen LogP contribution in [-0.4, -0.2) is 37.8 Å². The second-order valence-corrected chi connectivity index (χ2v) is 8.25. The normalized spacial score (nSPS) is 15.0. The molecule has 0 radical (unpaired) electrons. The van der Waals surface area contributed by atoms with E-state index in [1.165, 1.54) is 11.3 Å². The van der Waals surface area contributed by atoms with E-state index in [1.807, 2.05) is 19.1 Å². The first-order chi connectivity index (χ1) is 15.5. The second-order valence-electron chi connectivity index (χ2n) is 7.20. The number of carboxylic acids is 1. The first-order valence-electron chi connectivity index (χ1n) is 10.1. The van der Waals surface area contributed by atoms with Gasteiger partial charge in [0.1, 0.15) is 10.6 Å². The average molecular weight is 454 g/mol. The Balaban J connectivity index is 1.92. The number of rotatable bonds is 7. The molecule has 1 aromatic heterocycles. The lowest BCUT2D eigenvalue weighted by atomic mass is 9.88. The largest absolute Gasteiger partial charge is 0.497 e. The first-order valence-corrected chi connectivity index (χ1v) is 10.9. The molecule has 0 aliphatic carbocycles. The number of carbonyl (C=O) groups is 2. The van der Waals surface area contributed by atoms with Gasteiger partial charge in [-0.05, 0) is 30.7 Å². The highest BCUT2D eigenvalue weighted by Crippen LogP contribution is 2.51. The molecule has 2 N–H and O–H groups in total. The molecule has 1 amide bonds. The van der Waals surface area contributed by atoms with Gasteiger partial charge in [-0.15, -0.1) is 11.3 Å². The molecule has 4 rings (SSSR count). The summed E-state index contributed by atoms with van der Waals surface area (Å²) in [7, 11) is 3.13. The summed E-state index contributed by atoms with van der Waals surface area (Å²) < 4.78 is 16.6. The minimum absolute atomic E-state index is 0.174. The fourth-order valence-electron chi connectivity index (χ4n) is 3.99. The molecular formula is C24H23NO6S. The Bertz CT molecular complexity index is 1170. The molecule has 0 saturated heterocycles. The molecule has 166 valence electrons. The highest BCUT2D eigenvalue weighted by Gasteiger charge is 2.36. The van der Waals surface area contributed by atoms with Crippen LogP contribution in [0.1, 0.15) is 39.4 Å². The average Bonchev–Trinajstić information content (AvgIpc) is 3.18. The van der Waals surface area contributed by atoms with Gasteiger partial charge in [0.05, 0.1) is 26.5 Å². The summed E-state index contributed by atoms with van der Waals surface area (Å²) in [6.45, 7) is 2.31. The molecule has 3 aromatic rings. The molecule has 2 aromatic carbocycles. The first kappa shape index (κ1) is 21.7. The van der Waals surface area contributed by atoms with E-state index in [2.05, 4.69) is 5.32 Å². The minimum Gasteiger partial charge on any atom is -0.497 e. The van der Waals surface area contributed by atoms with Crippen LogP contribution < -0.4 is 19.5 Å². The molecule has 0 fully saturated rings. The number of para-hydroxylation sites is 1. The number of carboxylic acid groups (broad SMARTS) is 1. The van der Waals surface area contributed by atoms with Crippen molar-refractivity contribution in [2.24, 2.45) is 0 Å². The maximum absolute atomic E-state index is 12.8. The van der Waals surface area contributed by atoms with Crippen LogP contribution in [0.25, 0.3) is 11.1 Å². The van der Waals surface area contributed by atoms with Crippen molar-refractivity contribution in [2.45, 2.75) is 19.3 Å². The van der Waals surface area contributed by atoms with Crippen molar-refractivity contribution < 1.29 is 28.9 Å². The van der Waals surface area contributed by atoms with Crippen molar-refractivity contribution in [1.82, 2.24) is 0 Å². The second kappa shape index (κ2) is 8.92. The zero-order chi connectivity index (χ0) is 22.8. The van der Waals surface area contributed by atoms with Gasteiger partial charge >= 0.3 is 5.97 Å². The molecule has 1 aliphatic heterocycles. The van der Waals surface area contributed by atoms with E-state index in [0.717, 1.165) is 10.4 Å². The van der Waals surface area contributed by atoms with Crippen LogP contribution in [0.4, 0.5) is 5.69 Å². The van der Waals surface area contributed by atoms with Crippen LogP contribution in [0.2, 0.25) is 0 Å². The maximum Gasteiger partial charge on any atom is 0.346 e. The molecule has 2 heterocycles. The Morgan fingerprint density at radius 1 is 1.16 bits per heavy atom. The van der Waals surface area contributed by atoms with Crippen LogP contribution in [-0.2, 0) is 4.79 Å². The van der Waals surface area contributed by atoms with E-state index in [-0.39, 0.29) is 23.1 Å². The van der Waals surface area contributed by atoms with E-state index >= 15 is 0 Å². The molecule has 32 heavy (non-hydrogen) atoms. The number of hydrogen-bond donors (Lipinski definition) is 2. The van der Waals surface area contributed by atoms with E-state index in [0.29, 0.717) is 40.7 Å². The number of benzene rings is 2. The number of methoxy groups -OCH3 is 2. The standard InChI is InChI=1S/C24H23NO6S/c1-4-31-21-15(6-5-7-17(21)30-3)16-12-18(26)25-20-19(23(24(27)28)32-22(16)20)13-8-10-14(29-2)11-9-13/h5-11,16H,4,12H2,1-3H3,(H,25,26)(H,27,28)/t16-/m1/s1. The molecule has 0 unspecified atom stereocenters. The summed E-state index contributed by atoms with van der Waals surface area (Å²) in [5, 5.41) is 12.9. The van der Waals surface area contributed by atoms with Gasteiger partial charge in [-0.1, -0.05) is 24.3 Å². The third kappa shape index (κ3) is 3.78. The summed E-state index contributed by atoms with van der Waals surface area (Å²) in [5.74, 6) is 0.220. The number of anilines is 1. The van der Waals surface area contributed by atoms with Crippen molar-refractivity contribution in [3.63, 3.8) is 0 Å². The van der Waals surface area contributed by atoms with Crippen LogP contribution >= 0.6 is 11.3 Å². The van der Waals surface area contributed by atoms with Gasteiger partial charge in [0.2, 0.25) is 5.91 Å². The predicted octanol–water partition coefficient (Wildman–Crippen LogP) is 5.00. The van der Waals surface area contributed by atoms with Crippen molar-refractivity contribution in [2.75, 3.05) is 26.1 Å². The van der Waals surface area contributed by atoms with Crippen molar-refractivity contribution >= 4 is 28.9 Å². The number of nitrogens with one attached hydrogen (secondary N) is 1. The van der Waals surface area contributed by atoms with Crippen LogP contribution in [0.5, 0.6) is 17.2 Å². The number of fused-ring (bicyclic) bond motifs is 1. The van der Waals surface area contributed by atoms with Crippen molar-refractivity contribution in [3.05, 3.63) is 57.8 Å². The van der Waals surface area contributed by atoms with E-state index in [9.17, 15) is 14.7 Å². The highest BCUT2D eigenvalue weighted by atomic mass is 32.1. The molecule has 0 bridgehead atoms. The van der Waals surface area contributed by atoms with Gasteiger partial charge in [-0.2, -0.15) is 0 Å². The zero-order valence-electron chi connectivity index (χ0n) is 17.9. The van der Waals surface area contributed by atoms with E-state index in [4.69, 9.17) is 14.2 Å². The maximum atomic E-state index is 12.8. The fraction of sp³-hybridized carbons (Fsp3) is 0.250. The topological polar surface area (TPSA) is 94.1 Å². The van der Waals surface area contributed by atoms with Crippen LogP contribution in [0.3, 0.4) is 0 Å². The summed E-state index contributed by atoms with van der Waals surface area (Å²) >= 11 is 1.18. The summed E-state index contributed by atoms with van der Waals surface area (Å²) in [6.07, 6.45) is 0.182. The molecule has 0 saturated carbocycles. The summed E-state index contributed by atoms with van der Waals surface area (Å²) in [4.78, 5) is 25.9. The lowest BCUT2D eigenvalue weighted by molar-refractivity contribution is -0.116. The van der Waals surface area contributed by atoms with Crippen LogP contribution in [0.15, 0.2) is 42.5 Å². The van der Waals surface area contributed by atoms with Gasteiger partial charge < -0.3 is 24.6 Å². The lowest BCUT2D eigenvalue weighted by Crippen LogP contribution is -2.23. The summed E-state index contributed by atoms with van der Waals surface area (Å²) in [5.41, 5.74) is 2.52. The number of hydrogen-bond acceptors (Lipinski definition) is 6. The van der Waals surface area contributed by atoms with Gasteiger partial charge in [-0.3, -0.25) is 4.79 Å². The Morgan fingerprint density at radius 3 is 2.53 bits per heavy atom. The van der Waals surface area contributed by atoms with E-state index < -0.39 is 5.97 Å². The molecule has 0 spiro atoms. The van der Waals surface area contributed by atoms with Crippen molar-refractivity contribution in [1.29, 1.82) is 0 Å². The SMILES string of the molecule is CCOc1c(OC)cccc1[C@H]1CC(=O)Nc2c1sc(C(=O)O)c2-c1ccc(OC)cc1. The van der Waals surface area contributed by atoms with Crippen molar-refractivity contribution in [3.8, 4) is 28.4 Å². The van der Waals surface area contributed by atoms with Crippen LogP contribution in [0, 0.1) is 0 Å². The Hall–Kier alpha value is -3.52. The smallest absolute Gasteiger partial charge is 0.346 e. The third-order valence-electron chi connectivity index (χ3n) is 5.37. The third-order valence-corrected chi connectivity index (χ3v) is 6.66. The number of amides is 1. The molecule has 1 aliphatic rings. The monoisotopic (exact) mass is 453 g/mol. The number of carbonyl (C=O) groups excluding carboxylic acids is 1. The number of thiophene rings is 1. The Kier molecular flexibility index (Phi) is 6.05. The molecule has 7 nitrogen and oxygen atoms in total. The predicted molar refractivity (Wildman–Crippen MR) is 123 cm³/mol. The zero-order valence-corrected chi connectivity index (χ0v) is 18.7. The molecular weight excluding hydrogens is 430 g/mol. The minimum atomic E-state index is -1.04. The summed E-state index contributed by atoms with van der Waals surface area (Å²) in [6, 6.07) is 12.7. The lowest BCUT2D eigenvalue weighted by Gasteiger charge is -2.26. The Labute approximate surface area is 189 Å². The number of aromatic carboxylic acids is 1.